The van der Waals surface area contributed by atoms with Crippen molar-refractivity contribution in [2.24, 2.45) is 0 Å². The number of benzene rings is 7. The van der Waals surface area contributed by atoms with Gasteiger partial charge >= 0.3 is 0 Å². The van der Waals surface area contributed by atoms with E-state index in [0.29, 0.717) is 0 Å². The van der Waals surface area contributed by atoms with Crippen molar-refractivity contribution in [3.8, 4) is 100 Å². The fourth-order valence-electron chi connectivity index (χ4n) is 7.64. The molecule has 192 valence electrons. The largest absolute Gasteiger partial charge is 0.0616 e. The van der Waals surface area contributed by atoms with Gasteiger partial charge in [-0.05, 0) is 118 Å². The van der Waals surface area contributed by atoms with E-state index in [-0.39, 0.29) is 0 Å². The number of hydrogen-bond donors (Lipinski definition) is 0. The maximum absolute atomic E-state index is 2.42. The molecule has 0 atom stereocenters. The molecule has 10 rings (SSSR count). The zero-order chi connectivity index (χ0) is 27.4. The van der Waals surface area contributed by atoms with Crippen molar-refractivity contribution in [1.82, 2.24) is 0 Å². The second kappa shape index (κ2) is 8.06. The van der Waals surface area contributed by atoms with Gasteiger partial charge in [0.15, 0.2) is 0 Å². The lowest BCUT2D eigenvalue weighted by Crippen LogP contribution is -2.03. The third kappa shape index (κ3) is 2.81. The molecule has 42 heavy (non-hydrogen) atoms. The highest BCUT2D eigenvalue weighted by molar-refractivity contribution is 6.12. The fraction of sp³-hybridized carbons (Fsp3) is 0. The second-order valence-electron chi connectivity index (χ2n) is 11.6. The minimum Gasteiger partial charge on any atom is -0.0616 e. The molecule has 0 saturated heterocycles. The van der Waals surface area contributed by atoms with E-state index < -0.39 is 0 Å². The van der Waals surface area contributed by atoms with Crippen LogP contribution in [-0.2, 0) is 0 Å². The van der Waals surface area contributed by atoms with Crippen LogP contribution < -0.4 is 0 Å². The van der Waals surface area contributed by atoms with Crippen molar-refractivity contribution in [1.29, 1.82) is 0 Å². The summed E-state index contributed by atoms with van der Waals surface area (Å²) in [5.41, 5.74) is 24.0. The summed E-state index contributed by atoms with van der Waals surface area (Å²) in [4.78, 5) is 0. The summed E-state index contributed by atoms with van der Waals surface area (Å²) in [6.45, 7) is 0. The summed E-state index contributed by atoms with van der Waals surface area (Å²) in [6.07, 6.45) is 0. The van der Waals surface area contributed by atoms with Crippen LogP contribution in [-0.4, -0.2) is 0 Å². The van der Waals surface area contributed by atoms with Crippen LogP contribution in [0.3, 0.4) is 0 Å². The molecule has 0 aromatic heterocycles. The van der Waals surface area contributed by atoms with E-state index in [4.69, 9.17) is 0 Å². The molecule has 0 nitrogen and oxygen atoms in total. The maximum Gasteiger partial charge on any atom is -0.00204 e. The monoisotopic (exact) mass is 528 g/mol. The van der Waals surface area contributed by atoms with E-state index in [2.05, 4.69) is 146 Å². The zero-order valence-corrected chi connectivity index (χ0v) is 22.9. The van der Waals surface area contributed by atoms with Gasteiger partial charge in [0.05, 0.1) is 0 Å². The van der Waals surface area contributed by atoms with Crippen LogP contribution in [0.5, 0.6) is 0 Å². The molecule has 0 fully saturated rings. The van der Waals surface area contributed by atoms with Gasteiger partial charge in [-0.25, -0.2) is 0 Å². The highest BCUT2D eigenvalue weighted by Crippen LogP contribution is 2.56. The molecule has 0 spiro atoms. The Morgan fingerprint density at radius 2 is 0.429 bits per heavy atom. The Morgan fingerprint density at radius 3 is 0.738 bits per heavy atom. The molecular weight excluding hydrogens is 504 g/mol. The van der Waals surface area contributed by atoms with E-state index >= 15 is 0 Å². The Hall–Kier alpha value is -5.46. The van der Waals surface area contributed by atoms with Crippen molar-refractivity contribution in [3.63, 3.8) is 0 Å². The molecule has 0 saturated carbocycles. The van der Waals surface area contributed by atoms with Crippen LogP contribution in [0.2, 0.25) is 0 Å². The van der Waals surface area contributed by atoms with Crippen molar-refractivity contribution in [3.05, 3.63) is 146 Å². The van der Waals surface area contributed by atoms with Gasteiger partial charge in [0.25, 0.3) is 0 Å². The van der Waals surface area contributed by atoms with Crippen LogP contribution in [0.4, 0.5) is 0 Å². The van der Waals surface area contributed by atoms with E-state index in [1.165, 1.54) is 100 Å². The van der Waals surface area contributed by atoms with Gasteiger partial charge in [-0.2, -0.15) is 0 Å². The standard InChI is InChI=1S/C42H24/c1-4-13-34-31(10-1)37-19-7-16-28(40(34)37)25-22-26(29-17-8-20-38-32-11-2-5-14-35(32)41(29)38)24-27(23-25)30-18-9-21-39-33-12-3-6-15-36(33)42(30)39/h1-24H. The highest BCUT2D eigenvalue weighted by atomic mass is 14.3. The molecule has 0 heteroatoms. The number of fused-ring (bicyclic) bond motifs is 12. The second-order valence-corrected chi connectivity index (χ2v) is 11.6. The predicted octanol–water partition coefficient (Wildman–Crippen LogP) is 11.6. The van der Waals surface area contributed by atoms with E-state index in [0.717, 1.165) is 0 Å². The molecule has 0 unspecified atom stereocenters. The average Bonchev–Trinajstić information content (AvgIpc) is 3.03. The molecule has 3 aliphatic rings. The normalized spacial score (nSPS) is 12.3. The molecular formula is C42H24. The van der Waals surface area contributed by atoms with Crippen LogP contribution in [0, 0.1) is 0 Å². The van der Waals surface area contributed by atoms with Crippen molar-refractivity contribution < 1.29 is 0 Å². The van der Waals surface area contributed by atoms with E-state index in [1.54, 1.807) is 0 Å². The fourth-order valence-corrected chi connectivity index (χ4v) is 7.64. The van der Waals surface area contributed by atoms with Gasteiger partial charge < -0.3 is 0 Å². The number of rotatable bonds is 3. The van der Waals surface area contributed by atoms with Crippen LogP contribution in [0.15, 0.2) is 146 Å². The SMILES string of the molecule is c1ccc2c(c1)-c1cccc(-c3cc(-c4cccc5c4-c4ccccc4-5)cc(-c4cccc5c4-c4ccccc4-5)c3)c1-2. The van der Waals surface area contributed by atoms with Gasteiger partial charge in [-0.15, -0.1) is 0 Å². The summed E-state index contributed by atoms with van der Waals surface area (Å²) in [6, 6.07) is 54.0. The van der Waals surface area contributed by atoms with Crippen molar-refractivity contribution in [2.45, 2.75) is 0 Å². The first-order chi connectivity index (χ1) is 20.8. The first-order valence-corrected chi connectivity index (χ1v) is 14.7. The Bertz CT molecular complexity index is 2030. The lowest BCUT2D eigenvalue weighted by molar-refractivity contribution is 1.48. The summed E-state index contributed by atoms with van der Waals surface area (Å²) in [5, 5.41) is 0. The van der Waals surface area contributed by atoms with Crippen LogP contribution >= 0.6 is 0 Å². The summed E-state index contributed by atoms with van der Waals surface area (Å²) in [7, 11) is 0. The van der Waals surface area contributed by atoms with Crippen molar-refractivity contribution >= 4 is 0 Å². The zero-order valence-electron chi connectivity index (χ0n) is 22.9. The molecule has 0 N–H and O–H groups in total. The summed E-state index contributed by atoms with van der Waals surface area (Å²) in [5.74, 6) is 0. The molecule has 3 aliphatic carbocycles. The third-order valence-corrected chi connectivity index (χ3v) is 9.52. The van der Waals surface area contributed by atoms with E-state index in [9.17, 15) is 0 Å². The summed E-state index contributed by atoms with van der Waals surface area (Å²) >= 11 is 0. The average molecular weight is 529 g/mol. The molecule has 0 bridgehead atoms. The van der Waals surface area contributed by atoms with Gasteiger partial charge in [-0.3, -0.25) is 0 Å². The minimum atomic E-state index is 1.27. The smallest absolute Gasteiger partial charge is 0.00204 e. The maximum atomic E-state index is 2.42. The van der Waals surface area contributed by atoms with Crippen LogP contribution in [0.25, 0.3) is 100 Å². The minimum absolute atomic E-state index is 1.27. The Balaban J connectivity index is 1.23. The van der Waals surface area contributed by atoms with Gasteiger partial charge in [0, 0.05) is 0 Å². The Kier molecular flexibility index (Phi) is 4.27. The first kappa shape index (κ1) is 22.3. The quantitative estimate of drug-likeness (QED) is 0.214. The summed E-state index contributed by atoms with van der Waals surface area (Å²) < 4.78 is 0. The lowest BCUT2D eigenvalue weighted by atomic mass is 9.74. The Labute approximate surface area is 245 Å². The van der Waals surface area contributed by atoms with E-state index in [1.807, 2.05) is 0 Å². The first-order valence-electron chi connectivity index (χ1n) is 14.7. The van der Waals surface area contributed by atoms with Gasteiger partial charge in [0.2, 0.25) is 0 Å². The molecule has 0 aliphatic heterocycles. The Morgan fingerprint density at radius 1 is 0.190 bits per heavy atom. The van der Waals surface area contributed by atoms with Gasteiger partial charge in [0.1, 0.15) is 0 Å². The molecule has 7 aromatic carbocycles. The number of hydrogen-bond acceptors (Lipinski definition) is 0. The van der Waals surface area contributed by atoms with Gasteiger partial charge in [-0.1, -0.05) is 127 Å². The molecule has 7 aromatic rings. The molecule has 0 amide bonds. The predicted molar refractivity (Wildman–Crippen MR) is 176 cm³/mol. The topological polar surface area (TPSA) is 0 Å². The molecule has 0 radical (unpaired) electrons. The highest BCUT2D eigenvalue weighted by Gasteiger charge is 2.29. The van der Waals surface area contributed by atoms with Crippen LogP contribution in [0.1, 0.15) is 0 Å². The lowest BCUT2D eigenvalue weighted by Gasteiger charge is -2.29. The van der Waals surface area contributed by atoms with Crippen molar-refractivity contribution in [2.75, 3.05) is 0 Å². The third-order valence-electron chi connectivity index (χ3n) is 9.52. The molecule has 0 heterocycles.